The van der Waals surface area contributed by atoms with Gasteiger partial charge in [0, 0.05) is 30.1 Å². The number of carbonyl (C=O) groups is 1. The lowest BCUT2D eigenvalue weighted by Gasteiger charge is -2.40. The summed E-state index contributed by atoms with van der Waals surface area (Å²) in [5.41, 5.74) is 1.74. The molecule has 0 unspecified atom stereocenters. The van der Waals surface area contributed by atoms with Crippen molar-refractivity contribution in [2.24, 2.45) is 0 Å². The van der Waals surface area contributed by atoms with E-state index in [-0.39, 0.29) is 22.9 Å². The van der Waals surface area contributed by atoms with Crippen molar-refractivity contribution in [3.8, 4) is 5.75 Å². The zero-order valence-electron chi connectivity index (χ0n) is 17.5. The monoisotopic (exact) mass is 419 g/mol. The average Bonchev–Trinajstić information content (AvgIpc) is 2.79. The first-order valence-corrected chi connectivity index (χ1v) is 10.5. The van der Waals surface area contributed by atoms with E-state index in [0.717, 1.165) is 35.2 Å². The van der Waals surface area contributed by atoms with Crippen LogP contribution in [0.4, 0.5) is 11.4 Å². The lowest BCUT2D eigenvalue weighted by Crippen LogP contribution is -2.51. The first-order chi connectivity index (χ1) is 15.1. The van der Waals surface area contributed by atoms with Crippen molar-refractivity contribution in [1.82, 2.24) is 5.01 Å². The topological polar surface area (TPSA) is 75.9 Å². The van der Waals surface area contributed by atoms with Crippen LogP contribution in [0.3, 0.4) is 0 Å². The van der Waals surface area contributed by atoms with Crippen molar-refractivity contribution in [1.29, 1.82) is 0 Å². The van der Waals surface area contributed by atoms with Gasteiger partial charge >= 0.3 is 0 Å². The molecule has 31 heavy (non-hydrogen) atoms. The molecule has 0 atom stereocenters. The smallest absolute Gasteiger partial charge is 0.277 e. The number of non-ortho nitro benzene ring substituents is 1. The molecule has 7 nitrogen and oxygen atoms in total. The highest BCUT2D eigenvalue weighted by molar-refractivity contribution is 6.00. The van der Waals surface area contributed by atoms with Crippen molar-refractivity contribution >= 4 is 28.1 Å². The van der Waals surface area contributed by atoms with Crippen LogP contribution in [0.15, 0.2) is 60.7 Å². The van der Waals surface area contributed by atoms with Gasteiger partial charge in [-0.05, 0) is 38.0 Å². The maximum atomic E-state index is 13.3. The van der Waals surface area contributed by atoms with E-state index in [2.05, 4.69) is 0 Å². The van der Waals surface area contributed by atoms with Crippen LogP contribution >= 0.6 is 0 Å². The summed E-state index contributed by atoms with van der Waals surface area (Å²) in [7, 11) is 0. The van der Waals surface area contributed by atoms with Gasteiger partial charge in [-0.2, -0.15) is 0 Å². The molecule has 0 aliphatic carbocycles. The Bertz CT molecular complexity index is 1110. The zero-order valence-corrected chi connectivity index (χ0v) is 17.5. The summed E-state index contributed by atoms with van der Waals surface area (Å²) in [4.78, 5) is 24.5. The number of nitrogens with zero attached hydrogens (tertiary/aromatic N) is 3. The van der Waals surface area contributed by atoms with Crippen LogP contribution < -0.4 is 9.75 Å². The van der Waals surface area contributed by atoms with Crippen LogP contribution in [0.5, 0.6) is 5.75 Å². The molecule has 0 saturated carbocycles. The first-order valence-electron chi connectivity index (χ1n) is 10.5. The first kappa shape index (κ1) is 20.7. The lowest BCUT2D eigenvalue weighted by molar-refractivity contribution is -0.383. The molecular formula is C24H25N3O4. The Kier molecular flexibility index (Phi) is 6.02. The highest BCUT2D eigenvalue weighted by Gasteiger charge is 2.28. The molecular weight excluding hydrogens is 394 g/mol. The van der Waals surface area contributed by atoms with Gasteiger partial charge in [0.15, 0.2) is 0 Å². The Hall–Kier alpha value is -3.61. The Labute approximate surface area is 181 Å². The average molecular weight is 419 g/mol. The maximum absolute atomic E-state index is 13.3. The maximum Gasteiger partial charge on any atom is 0.277 e. The number of para-hydroxylation sites is 1. The predicted molar refractivity (Wildman–Crippen MR) is 120 cm³/mol. The van der Waals surface area contributed by atoms with E-state index in [1.807, 2.05) is 48.3 Å². The largest absolute Gasteiger partial charge is 0.494 e. The fraction of sp³-hybridized carbons (Fsp3) is 0.292. The van der Waals surface area contributed by atoms with Gasteiger partial charge in [-0.1, -0.05) is 36.4 Å². The van der Waals surface area contributed by atoms with Gasteiger partial charge < -0.3 is 4.74 Å². The van der Waals surface area contributed by atoms with E-state index in [1.54, 1.807) is 23.2 Å². The van der Waals surface area contributed by atoms with Gasteiger partial charge in [-0.25, -0.2) is 0 Å². The van der Waals surface area contributed by atoms with Crippen LogP contribution in [-0.4, -0.2) is 35.5 Å². The minimum absolute atomic E-state index is 0.0192. The highest BCUT2D eigenvalue weighted by Crippen LogP contribution is 2.35. The number of anilines is 1. The molecule has 3 aromatic rings. The number of fused-ring (bicyclic) bond motifs is 1. The fourth-order valence-corrected chi connectivity index (χ4v) is 4.13. The number of nitro benzene ring substituents is 1. The molecule has 3 aromatic carbocycles. The van der Waals surface area contributed by atoms with E-state index >= 15 is 0 Å². The van der Waals surface area contributed by atoms with Crippen LogP contribution in [0.1, 0.15) is 25.3 Å². The molecule has 4 rings (SSSR count). The van der Waals surface area contributed by atoms with Crippen molar-refractivity contribution in [3.63, 3.8) is 0 Å². The number of hydrazine groups is 1. The summed E-state index contributed by atoms with van der Waals surface area (Å²) in [5, 5.41) is 16.6. The van der Waals surface area contributed by atoms with Crippen LogP contribution in [0.2, 0.25) is 0 Å². The summed E-state index contributed by atoms with van der Waals surface area (Å²) in [6, 6.07) is 18.2. The van der Waals surface area contributed by atoms with Crippen molar-refractivity contribution in [3.05, 3.63) is 76.3 Å². The number of benzene rings is 3. The highest BCUT2D eigenvalue weighted by atomic mass is 16.6. The molecule has 0 bridgehead atoms. The molecule has 0 N–H and O–H groups in total. The number of nitro groups is 1. The van der Waals surface area contributed by atoms with Gasteiger partial charge in [0.25, 0.3) is 5.69 Å². The normalized spacial score (nSPS) is 14.0. The van der Waals surface area contributed by atoms with E-state index in [1.165, 1.54) is 6.07 Å². The summed E-state index contributed by atoms with van der Waals surface area (Å²) in [5.74, 6) is 0.706. The summed E-state index contributed by atoms with van der Waals surface area (Å²) >= 11 is 0. The predicted octanol–water partition coefficient (Wildman–Crippen LogP) is 4.73. The third kappa shape index (κ3) is 4.17. The Balaban J connectivity index is 1.68. The quantitative estimate of drug-likeness (QED) is 0.426. The molecule has 1 aliphatic heterocycles. The standard InChI is InChI=1S/C24H25N3O4/c1-2-31-23-12-6-3-9-18(23)17-24(28)26-16-8-7-15-25(26)21-13-14-22(27(29)30)20-11-5-4-10-19(20)21/h3-6,9-14H,2,7-8,15-17H2,1H3. The lowest BCUT2D eigenvalue weighted by atomic mass is 10.1. The molecule has 160 valence electrons. The van der Waals surface area contributed by atoms with Gasteiger partial charge in [-0.15, -0.1) is 0 Å². The third-order valence-electron chi connectivity index (χ3n) is 5.54. The molecule has 7 heteroatoms. The Morgan fingerprint density at radius 1 is 1.00 bits per heavy atom. The van der Waals surface area contributed by atoms with Crippen LogP contribution in [0, 0.1) is 10.1 Å². The molecule has 0 radical (unpaired) electrons. The number of hydrogen-bond acceptors (Lipinski definition) is 5. The summed E-state index contributed by atoms with van der Waals surface area (Å²) < 4.78 is 5.68. The Morgan fingerprint density at radius 3 is 2.48 bits per heavy atom. The number of ether oxygens (including phenoxy) is 1. The van der Waals surface area contributed by atoms with E-state index in [0.29, 0.717) is 25.1 Å². The van der Waals surface area contributed by atoms with Gasteiger partial charge in [0.1, 0.15) is 5.75 Å². The van der Waals surface area contributed by atoms with Crippen LogP contribution in [0.25, 0.3) is 10.8 Å². The number of hydrogen-bond donors (Lipinski definition) is 0. The van der Waals surface area contributed by atoms with E-state index < -0.39 is 0 Å². The molecule has 0 aromatic heterocycles. The van der Waals surface area contributed by atoms with E-state index in [4.69, 9.17) is 4.74 Å². The summed E-state index contributed by atoms with van der Waals surface area (Å²) in [6.45, 7) is 3.75. The van der Waals surface area contributed by atoms with Gasteiger partial charge in [-0.3, -0.25) is 24.9 Å². The number of carbonyl (C=O) groups excluding carboxylic acids is 1. The molecule has 0 spiro atoms. The summed E-state index contributed by atoms with van der Waals surface area (Å²) in [6.07, 6.45) is 2.10. The molecule has 1 amide bonds. The van der Waals surface area contributed by atoms with Crippen LogP contribution in [-0.2, 0) is 11.2 Å². The minimum Gasteiger partial charge on any atom is -0.494 e. The second-order valence-electron chi connectivity index (χ2n) is 7.47. The fourth-order valence-electron chi connectivity index (χ4n) is 4.13. The SMILES string of the molecule is CCOc1ccccc1CC(=O)N1CCCCN1c1ccc([N+](=O)[O-])c2ccccc12. The van der Waals surface area contributed by atoms with Crippen molar-refractivity contribution in [2.45, 2.75) is 26.2 Å². The van der Waals surface area contributed by atoms with Gasteiger partial charge in [0.2, 0.25) is 5.91 Å². The molecule has 1 fully saturated rings. The Morgan fingerprint density at radius 2 is 1.71 bits per heavy atom. The van der Waals surface area contributed by atoms with Crippen molar-refractivity contribution in [2.75, 3.05) is 24.7 Å². The van der Waals surface area contributed by atoms with Crippen molar-refractivity contribution < 1.29 is 14.5 Å². The second-order valence-corrected chi connectivity index (χ2v) is 7.47. The molecule has 1 saturated heterocycles. The zero-order chi connectivity index (χ0) is 21.8. The minimum atomic E-state index is -0.365. The number of rotatable bonds is 6. The second kappa shape index (κ2) is 9.04. The number of amides is 1. The molecule has 1 aliphatic rings. The van der Waals surface area contributed by atoms with E-state index in [9.17, 15) is 14.9 Å². The van der Waals surface area contributed by atoms with Gasteiger partial charge in [0.05, 0.1) is 29.0 Å². The third-order valence-corrected chi connectivity index (χ3v) is 5.54. The molecule has 1 heterocycles.